The third kappa shape index (κ3) is 12.1. The normalized spacial score (nSPS) is 13.4. The molecular weight excluding hydrogens is 793 g/mol. The highest BCUT2D eigenvalue weighted by Crippen LogP contribution is 2.33. The molecule has 0 aliphatic rings. The van der Waals surface area contributed by atoms with Crippen LogP contribution in [0.4, 0.5) is 0 Å². The summed E-state index contributed by atoms with van der Waals surface area (Å²) in [5, 5.41) is 0. The molecule has 13 heteroatoms. The lowest BCUT2D eigenvalue weighted by atomic mass is 9.97. The molecule has 2 aromatic carbocycles. The number of rotatable bonds is 24. The summed E-state index contributed by atoms with van der Waals surface area (Å²) in [6.45, 7) is 9.12. The number of hydrogen-bond donors (Lipinski definition) is 0. The van der Waals surface area contributed by atoms with Crippen molar-refractivity contribution in [1.82, 2.24) is 38.9 Å². The van der Waals surface area contributed by atoms with Crippen molar-refractivity contribution in [3.05, 3.63) is 120 Å². The van der Waals surface area contributed by atoms with Gasteiger partial charge in [0, 0.05) is 65.3 Å². The van der Waals surface area contributed by atoms with Crippen LogP contribution in [0.15, 0.2) is 97.6 Å². The first-order valence-corrected chi connectivity index (χ1v) is 22.3. The quantitative estimate of drug-likeness (QED) is 0.0546. The molecule has 0 fully saturated rings. The van der Waals surface area contributed by atoms with Gasteiger partial charge in [-0.1, -0.05) is 73.5 Å². The van der Waals surface area contributed by atoms with E-state index in [-0.39, 0.29) is 36.2 Å². The van der Waals surface area contributed by atoms with Crippen LogP contribution in [0, 0.1) is 13.8 Å². The molecule has 0 saturated heterocycles. The number of aryl methyl sites for hydroxylation is 4. The second-order valence-corrected chi connectivity index (χ2v) is 16.6. The molecule has 0 spiro atoms. The summed E-state index contributed by atoms with van der Waals surface area (Å²) in [5.74, 6) is 1.44. The summed E-state index contributed by atoms with van der Waals surface area (Å²) in [4.78, 5) is 75.3. The number of carbonyl (C=O) groups excluding carboxylic acids is 4. The Morgan fingerprint density at radius 1 is 0.571 bits per heavy atom. The maximum absolute atomic E-state index is 14.0. The summed E-state index contributed by atoms with van der Waals surface area (Å²) in [5.41, 5.74) is 5.47. The van der Waals surface area contributed by atoms with Gasteiger partial charge in [0.05, 0.1) is 47.7 Å². The van der Waals surface area contributed by atoms with Crippen molar-refractivity contribution < 1.29 is 23.9 Å². The van der Waals surface area contributed by atoms with Gasteiger partial charge in [-0.05, 0) is 76.6 Å². The molecule has 0 saturated carbocycles. The maximum atomic E-state index is 14.0. The Kier molecular flexibility index (Phi) is 16.5. The molecule has 63 heavy (non-hydrogen) atoms. The van der Waals surface area contributed by atoms with Gasteiger partial charge in [0.1, 0.15) is 22.7 Å². The second kappa shape index (κ2) is 22.3. The first-order valence-electron chi connectivity index (χ1n) is 22.3. The SMILES string of the molecule is Cc1nc2cnccc2n1CCCCCC(=O)N(C)[C@@H](C)C(=O)CC(OC(CC(=O)[C@H](C)N(C)C(=O)CCCCCn1c(C)nc2cnccc21)c1ccccc1)c1ccccc1. The Labute approximate surface area is 370 Å². The number of hydrogen-bond acceptors (Lipinski definition) is 9. The number of amides is 2. The predicted octanol–water partition coefficient (Wildman–Crippen LogP) is 8.73. The predicted molar refractivity (Wildman–Crippen MR) is 245 cm³/mol. The average molecular weight is 855 g/mol. The minimum absolute atomic E-state index is 0.00977. The molecule has 0 N–H and O–H groups in total. The number of likely N-dealkylation sites (N-methyl/N-ethyl adjacent to an activating group) is 2. The van der Waals surface area contributed by atoms with Crippen molar-refractivity contribution in [2.45, 2.75) is 129 Å². The number of ketones is 2. The van der Waals surface area contributed by atoms with Gasteiger partial charge in [0.25, 0.3) is 0 Å². The standard InChI is InChI=1S/C50H62N8O5/c1-35(55(5)49(61)23-15-9-17-29-57-37(3)53-41-33-51-27-25-43(41)57)45(59)31-47(39-19-11-7-12-20-39)63-48(40-21-13-8-14-22-40)32-46(60)36(2)56(6)50(62)24-16-10-18-30-58-38(4)54-42-34-52-28-26-44(42)58/h7-8,11-14,19-22,25-28,33-36,47-48H,9-10,15-18,23-24,29-32H2,1-6H3/t35-,36-,47?,48?/m0/s1. The van der Waals surface area contributed by atoms with Gasteiger partial charge in [0.15, 0.2) is 11.6 Å². The van der Waals surface area contributed by atoms with Gasteiger partial charge in [-0.2, -0.15) is 0 Å². The van der Waals surface area contributed by atoms with E-state index in [1.54, 1.807) is 52.7 Å². The Morgan fingerprint density at radius 3 is 1.37 bits per heavy atom. The van der Waals surface area contributed by atoms with E-state index >= 15 is 0 Å². The Balaban J connectivity index is 1.01. The zero-order valence-electron chi connectivity index (χ0n) is 37.7. The highest BCUT2D eigenvalue weighted by atomic mass is 16.5. The van der Waals surface area contributed by atoms with Crippen molar-refractivity contribution in [3.8, 4) is 0 Å². The Hall–Kier alpha value is -6.08. The van der Waals surface area contributed by atoms with E-state index in [2.05, 4.69) is 29.1 Å². The molecular formula is C50H62N8O5. The molecule has 4 heterocycles. The smallest absolute Gasteiger partial charge is 0.222 e. The minimum atomic E-state index is -0.684. The highest BCUT2D eigenvalue weighted by molar-refractivity contribution is 5.90. The number of imidazole rings is 2. The molecule has 6 rings (SSSR count). The van der Waals surface area contributed by atoms with E-state index in [4.69, 9.17) is 4.74 Å². The molecule has 0 aliphatic heterocycles. The summed E-state index contributed by atoms with van der Waals surface area (Å²) < 4.78 is 11.2. The molecule has 332 valence electrons. The van der Waals surface area contributed by atoms with E-state index in [0.717, 1.165) is 83.6 Å². The Bertz CT molecular complexity index is 2280. The molecule has 2 amide bonds. The fourth-order valence-electron chi connectivity index (χ4n) is 8.16. The van der Waals surface area contributed by atoms with Crippen LogP contribution >= 0.6 is 0 Å². The van der Waals surface area contributed by atoms with Crippen LogP contribution in [0.3, 0.4) is 0 Å². The molecule has 0 bridgehead atoms. The van der Waals surface area contributed by atoms with Crippen LogP contribution in [0.1, 0.15) is 113 Å². The van der Waals surface area contributed by atoms with Crippen LogP contribution < -0.4 is 0 Å². The van der Waals surface area contributed by atoms with Gasteiger partial charge < -0.3 is 23.7 Å². The van der Waals surface area contributed by atoms with Crippen LogP contribution in [0.25, 0.3) is 22.1 Å². The van der Waals surface area contributed by atoms with E-state index < -0.39 is 24.3 Å². The van der Waals surface area contributed by atoms with Crippen LogP contribution in [0.5, 0.6) is 0 Å². The lowest BCUT2D eigenvalue weighted by molar-refractivity contribution is -0.141. The second-order valence-electron chi connectivity index (χ2n) is 16.6. The molecule has 13 nitrogen and oxygen atoms in total. The maximum Gasteiger partial charge on any atom is 0.222 e. The lowest BCUT2D eigenvalue weighted by Gasteiger charge is -2.30. The van der Waals surface area contributed by atoms with Crippen molar-refractivity contribution in [2.24, 2.45) is 0 Å². The summed E-state index contributed by atoms with van der Waals surface area (Å²) >= 11 is 0. The molecule has 0 radical (unpaired) electrons. The van der Waals surface area contributed by atoms with Gasteiger partial charge in [-0.3, -0.25) is 29.1 Å². The average Bonchev–Trinajstić information content (AvgIpc) is 3.80. The zero-order chi connectivity index (χ0) is 44.9. The van der Waals surface area contributed by atoms with Gasteiger partial charge in [-0.15, -0.1) is 0 Å². The van der Waals surface area contributed by atoms with Crippen molar-refractivity contribution in [2.75, 3.05) is 14.1 Å². The molecule has 0 aliphatic carbocycles. The molecule has 4 atom stereocenters. The van der Waals surface area contributed by atoms with Gasteiger partial charge in [-0.25, -0.2) is 9.97 Å². The van der Waals surface area contributed by atoms with Crippen LogP contribution in [-0.4, -0.2) is 88.4 Å². The molecule has 2 unspecified atom stereocenters. The number of pyridine rings is 2. The molecule has 4 aromatic heterocycles. The number of unbranched alkanes of at least 4 members (excludes halogenated alkanes) is 4. The number of Topliss-reactive ketones (excluding diaryl/α,β-unsaturated/α-hetero) is 2. The first kappa shape index (κ1) is 46.4. The van der Waals surface area contributed by atoms with Gasteiger partial charge in [0.2, 0.25) is 11.8 Å². The Morgan fingerprint density at radius 2 is 0.968 bits per heavy atom. The topological polar surface area (TPSA) is 145 Å². The summed E-state index contributed by atoms with van der Waals surface area (Å²) in [6.07, 6.45) is 11.4. The highest BCUT2D eigenvalue weighted by Gasteiger charge is 2.31. The number of ether oxygens (including phenoxy) is 1. The number of aromatic nitrogens is 6. The first-order chi connectivity index (χ1) is 30.4. The van der Waals surface area contributed by atoms with Crippen LogP contribution in [-0.2, 0) is 37.0 Å². The molecule has 6 aromatic rings. The van der Waals surface area contributed by atoms with E-state index in [1.165, 1.54) is 9.80 Å². The lowest BCUT2D eigenvalue weighted by Crippen LogP contribution is -2.41. The van der Waals surface area contributed by atoms with Crippen molar-refractivity contribution in [1.29, 1.82) is 0 Å². The largest absolute Gasteiger partial charge is 0.365 e. The third-order valence-corrected chi connectivity index (χ3v) is 12.4. The minimum Gasteiger partial charge on any atom is -0.365 e. The van der Waals surface area contributed by atoms with E-state index in [1.807, 2.05) is 86.6 Å². The van der Waals surface area contributed by atoms with Gasteiger partial charge >= 0.3 is 0 Å². The van der Waals surface area contributed by atoms with Crippen molar-refractivity contribution >= 4 is 45.4 Å². The van der Waals surface area contributed by atoms with Crippen molar-refractivity contribution in [3.63, 3.8) is 0 Å². The number of nitrogens with zero attached hydrogens (tertiary/aromatic N) is 8. The number of carbonyl (C=O) groups is 4. The summed E-state index contributed by atoms with van der Waals surface area (Å²) in [7, 11) is 3.37. The fraction of sp³-hybridized carbons (Fsp3) is 0.440. The van der Waals surface area contributed by atoms with E-state index in [9.17, 15) is 19.2 Å². The van der Waals surface area contributed by atoms with E-state index in [0.29, 0.717) is 25.7 Å². The van der Waals surface area contributed by atoms with Crippen LogP contribution in [0.2, 0.25) is 0 Å². The number of benzene rings is 2. The fourth-order valence-corrected chi connectivity index (χ4v) is 8.16. The zero-order valence-corrected chi connectivity index (χ0v) is 37.7. The monoisotopic (exact) mass is 854 g/mol. The summed E-state index contributed by atoms with van der Waals surface area (Å²) in [6, 6.07) is 21.6. The third-order valence-electron chi connectivity index (χ3n) is 12.4. The number of fused-ring (bicyclic) bond motifs is 2.